The van der Waals surface area contributed by atoms with Crippen molar-refractivity contribution in [3.8, 4) is 0 Å². The van der Waals surface area contributed by atoms with Gasteiger partial charge in [-0.25, -0.2) is 4.98 Å². The fraction of sp³-hybridized carbons (Fsp3) is 0.679. The number of allylic oxidation sites excluding steroid dienone is 1. The zero-order chi connectivity index (χ0) is 26.6. The molecule has 0 amide bonds. The van der Waals surface area contributed by atoms with Crippen LogP contribution in [0.5, 0.6) is 0 Å². The van der Waals surface area contributed by atoms with Crippen LogP contribution in [0.25, 0.3) is 6.08 Å². The number of carbonyl (C=O) groups excluding carboxylic acids is 2. The van der Waals surface area contributed by atoms with Crippen molar-refractivity contribution in [1.82, 2.24) is 4.98 Å². The molecule has 0 spiro atoms. The van der Waals surface area contributed by atoms with E-state index in [1.165, 1.54) is 5.57 Å². The van der Waals surface area contributed by atoms with Crippen LogP contribution >= 0.6 is 11.3 Å². The minimum atomic E-state index is -1.23. The van der Waals surface area contributed by atoms with Gasteiger partial charge in [0.15, 0.2) is 0 Å². The molecule has 7 heteroatoms. The number of hydrogen-bond acceptors (Lipinski definition) is 7. The van der Waals surface area contributed by atoms with E-state index in [4.69, 9.17) is 4.74 Å². The van der Waals surface area contributed by atoms with Gasteiger partial charge in [-0.2, -0.15) is 0 Å². The lowest BCUT2D eigenvalue weighted by Gasteiger charge is -2.35. The molecular weight excluding hydrogens is 462 g/mol. The zero-order valence-corrected chi connectivity index (χ0v) is 23.4. The second-order valence-corrected chi connectivity index (χ2v) is 12.1. The van der Waals surface area contributed by atoms with E-state index in [9.17, 15) is 19.8 Å². The van der Waals surface area contributed by atoms with Crippen LogP contribution in [0, 0.1) is 24.2 Å². The molecular formula is C28H43NO5S. The number of aryl methyl sites for hydroxylation is 1. The van der Waals surface area contributed by atoms with Crippen molar-refractivity contribution < 1.29 is 24.5 Å². The second-order valence-electron chi connectivity index (χ2n) is 11.0. The molecule has 1 aromatic heterocycles. The van der Waals surface area contributed by atoms with E-state index in [0.717, 1.165) is 35.5 Å². The summed E-state index contributed by atoms with van der Waals surface area (Å²) in [4.78, 5) is 30.8. The first kappa shape index (κ1) is 29.4. The van der Waals surface area contributed by atoms with E-state index in [-0.39, 0.29) is 18.1 Å². The molecule has 1 aliphatic rings. The molecule has 1 unspecified atom stereocenters. The quantitative estimate of drug-likeness (QED) is 0.398. The number of ketones is 1. The summed E-state index contributed by atoms with van der Waals surface area (Å²) in [5.74, 6) is -1.52. The van der Waals surface area contributed by atoms with Gasteiger partial charge in [-0.1, -0.05) is 39.3 Å². The number of hydrogen-bond donors (Lipinski definition) is 2. The number of aliphatic hydroxyl groups is 2. The van der Waals surface area contributed by atoms with Crippen molar-refractivity contribution in [2.45, 2.75) is 105 Å². The normalized spacial score (nSPS) is 33.7. The van der Waals surface area contributed by atoms with E-state index in [1.54, 1.807) is 32.1 Å². The van der Waals surface area contributed by atoms with Crippen molar-refractivity contribution in [3.05, 3.63) is 33.3 Å². The number of aromatic nitrogens is 1. The zero-order valence-electron chi connectivity index (χ0n) is 22.6. The fourth-order valence-corrected chi connectivity index (χ4v) is 5.12. The smallest absolute Gasteiger partial charge is 0.309 e. The van der Waals surface area contributed by atoms with Crippen molar-refractivity contribution in [1.29, 1.82) is 0 Å². The number of Topliss-reactive ketones (excluding diaryl/α,β-unsaturated/α-hetero) is 1. The molecule has 0 aliphatic carbocycles. The highest BCUT2D eigenvalue weighted by atomic mass is 32.1. The maximum atomic E-state index is 13.2. The van der Waals surface area contributed by atoms with Crippen LogP contribution in [-0.4, -0.2) is 44.8 Å². The Morgan fingerprint density at radius 1 is 1.20 bits per heavy atom. The van der Waals surface area contributed by atoms with E-state index in [1.807, 2.05) is 39.2 Å². The number of thiazole rings is 1. The minimum absolute atomic E-state index is 0.0513. The summed E-state index contributed by atoms with van der Waals surface area (Å²) >= 11 is 1.56. The van der Waals surface area contributed by atoms with Gasteiger partial charge in [-0.3, -0.25) is 9.59 Å². The summed E-state index contributed by atoms with van der Waals surface area (Å²) in [5.41, 5.74) is 0.743. The number of carbonyl (C=O) groups is 2. The number of ether oxygens (including phenoxy) is 1. The number of rotatable bonds is 2. The molecule has 0 saturated heterocycles. The molecule has 5 atom stereocenters. The molecule has 35 heavy (non-hydrogen) atoms. The van der Waals surface area contributed by atoms with E-state index in [2.05, 4.69) is 18.0 Å². The van der Waals surface area contributed by atoms with Gasteiger partial charge >= 0.3 is 5.97 Å². The third kappa shape index (κ3) is 7.58. The van der Waals surface area contributed by atoms with Crippen LogP contribution < -0.4 is 0 Å². The Kier molecular flexibility index (Phi) is 10.0. The van der Waals surface area contributed by atoms with Crippen LogP contribution in [0.1, 0.15) is 91.3 Å². The summed E-state index contributed by atoms with van der Waals surface area (Å²) in [6.07, 6.45) is 4.74. The van der Waals surface area contributed by atoms with Crippen molar-refractivity contribution in [2.75, 3.05) is 0 Å². The molecule has 0 aromatic carbocycles. The summed E-state index contributed by atoms with van der Waals surface area (Å²) < 4.78 is 6.00. The molecule has 196 valence electrons. The van der Waals surface area contributed by atoms with E-state index in [0.29, 0.717) is 6.42 Å². The Labute approximate surface area is 214 Å². The Balaban J connectivity index is 2.41. The highest BCUT2D eigenvalue weighted by Crippen LogP contribution is 2.34. The van der Waals surface area contributed by atoms with Crippen molar-refractivity contribution >= 4 is 29.2 Å². The number of aliphatic hydroxyl groups excluding tert-OH is 2. The van der Waals surface area contributed by atoms with Gasteiger partial charge in [0.1, 0.15) is 11.4 Å². The minimum Gasteiger partial charge on any atom is -0.454 e. The SMILES string of the molecule is C/C1=C/CC(C)(/C(C)=C/c2csc(C)n2)OC(=O)C[C@H](O)C(C)(C)C(=O)[C@H](C)[C@@H](O)[C@@H](C)CCC1. The third-order valence-electron chi connectivity index (χ3n) is 7.58. The maximum Gasteiger partial charge on any atom is 0.309 e. The lowest BCUT2D eigenvalue weighted by molar-refractivity contribution is -0.160. The molecule has 0 fully saturated rings. The van der Waals surface area contributed by atoms with Gasteiger partial charge in [0.25, 0.3) is 0 Å². The average molecular weight is 506 g/mol. The highest BCUT2D eigenvalue weighted by molar-refractivity contribution is 7.09. The second kappa shape index (κ2) is 11.9. The lowest BCUT2D eigenvalue weighted by Crippen LogP contribution is -2.46. The summed E-state index contributed by atoms with van der Waals surface area (Å²) in [6, 6.07) is 0. The topological polar surface area (TPSA) is 96.7 Å². The summed E-state index contributed by atoms with van der Waals surface area (Å²) in [6.45, 7) is 14.7. The standard InChI is InChI=1S/C28H43NO5S/c1-17-10-9-11-18(2)25(32)20(4)26(33)27(6,7)23(30)15-24(31)34-28(8,13-12-17)19(3)14-22-16-35-21(5)29-22/h12,14,16,18,20,23,25,30,32H,9-11,13,15H2,1-8H3/b17-12-,19-14+/t18-,20+,23-,25-,28?/m0/s1. The molecule has 1 aromatic rings. The van der Waals surface area contributed by atoms with Crippen LogP contribution in [0.15, 0.2) is 22.6 Å². The van der Waals surface area contributed by atoms with Gasteiger partial charge in [-0.15, -0.1) is 11.3 Å². The predicted molar refractivity (Wildman–Crippen MR) is 141 cm³/mol. The first-order valence-corrected chi connectivity index (χ1v) is 13.4. The Morgan fingerprint density at radius 2 is 1.86 bits per heavy atom. The van der Waals surface area contributed by atoms with Gasteiger partial charge in [0, 0.05) is 17.7 Å². The monoisotopic (exact) mass is 505 g/mol. The van der Waals surface area contributed by atoms with Crippen LogP contribution in [0.2, 0.25) is 0 Å². The molecule has 0 bridgehead atoms. The number of nitrogens with zero attached hydrogens (tertiary/aromatic N) is 1. The Morgan fingerprint density at radius 3 is 2.46 bits per heavy atom. The van der Waals surface area contributed by atoms with Crippen molar-refractivity contribution in [2.24, 2.45) is 17.3 Å². The molecule has 1 aliphatic heterocycles. The van der Waals surface area contributed by atoms with E-state index >= 15 is 0 Å². The number of cyclic esters (lactones) is 1. The van der Waals surface area contributed by atoms with Crippen LogP contribution in [0.4, 0.5) is 0 Å². The first-order valence-electron chi connectivity index (χ1n) is 12.6. The molecule has 0 saturated carbocycles. The number of esters is 1. The van der Waals surface area contributed by atoms with Crippen LogP contribution in [-0.2, 0) is 14.3 Å². The van der Waals surface area contributed by atoms with Crippen LogP contribution in [0.3, 0.4) is 0 Å². The highest BCUT2D eigenvalue weighted by Gasteiger charge is 2.43. The molecule has 2 N–H and O–H groups in total. The lowest BCUT2D eigenvalue weighted by atomic mass is 9.73. The summed E-state index contributed by atoms with van der Waals surface area (Å²) in [5, 5.41) is 24.6. The largest absolute Gasteiger partial charge is 0.454 e. The molecule has 6 nitrogen and oxygen atoms in total. The predicted octanol–water partition coefficient (Wildman–Crippen LogP) is 5.66. The van der Waals surface area contributed by atoms with Gasteiger partial charge < -0.3 is 14.9 Å². The van der Waals surface area contributed by atoms with Gasteiger partial charge in [0.05, 0.1) is 34.7 Å². The summed E-state index contributed by atoms with van der Waals surface area (Å²) in [7, 11) is 0. The fourth-order valence-electron chi connectivity index (χ4n) is 4.55. The van der Waals surface area contributed by atoms with Gasteiger partial charge in [0.2, 0.25) is 0 Å². The van der Waals surface area contributed by atoms with Crippen molar-refractivity contribution in [3.63, 3.8) is 0 Å². The Bertz CT molecular complexity index is 962. The third-order valence-corrected chi connectivity index (χ3v) is 8.37. The maximum absolute atomic E-state index is 13.2. The first-order chi connectivity index (χ1) is 16.2. The molecule has 0 radical (unpaired) electrons. The molecule has 2 rings (SSSR count). The average Bonchev–Trinajstić information content (AvgIpc) is 3.19. The Hall–Kier alpha value is -1.83. The molecule has 2 heterocycles. The van der Waals surface area contributed by atoms with E-state index < -0.39 is 35.1 Å². The van der Waals surface area contributed by atoms with Gasteiger partial charge in [-0.05, 0) is 64.5 Å².